The molecule has 0 amide bonds. The van der Waals surface area contributed by atoms with Crippen molar-refractivity contribution < 1.29 is 24.6 Å². The minimum absolute atomic E-state index is 0. The van der Waals surface area contributed by atoms with Crippen molar-refractivity contribution in [1.29, 1.82) is 0 Å². The van der Waals surface area contributed by atoms with Gasteiger partial charge in [0, 0.05) is 0 Å². The zero-order valence-electron chi connectivity index (χ0n) is 12.8. The molecule has 0 aliphatic heterocycles. The molecule has 2 heteroatoms. The molecule has 0 spiro atoms. The molecule has 0 bridgehead atoms. The minimum Gasteiger partial charge on any atom is -0.872 e. The van der Waals surface area contributed by atoms with Crippen molar-refractivity contribution in [3.05, 3.63) is 85.8 Å². The number of hydrogen-bond acceptors (Lipinski definition) is 1. The predicted molar refractivity (Wildman–Crippen MR) is 87.8 cm³/mol. The number of hydrogen-bond donors (Lipinski definition) is 0. The molecule has 0 heterocycles. The largest absolute Gasteiger partial charge is 2.00 e. The first kappa shape index (κ1) is 18.1. The van der Waals surface area contributed by atoms with E-state index in [0.717, 1.165) is 22.3 Å². The normalized spacial score (nSPS) is 9.18. The number of rotatable bonds is 2. The summed E-state index contributed by atoms with van der Waals surface area (Å²) in [6.45, 7) is 5.00. The smallest absolute Gasteiger partial charge is 0.872 e. The van der Waals surface area contributed by atoms with Gasteiger partial charge in [-0.25, -0.2) is 0 Å². The summed E-state index contributed by atoms with van der Waals surface area (Å²) in [7, 11) is 0. The van der Waals surface area contributed by atoms with Crippen molar-refractivity contribution in [2.45, 2.75) is 6.92 Å². The van der Waals surface area contributed by atoms with E-state index >= 15 is 0 Å². The van der Waals surface area contributed by atoms with Crippen molar-refractivity contribution in [1.82, 2.24) is 0 Å². The summed E-state index contributed by atoms with van der Waals surface area (Å²) in [6.07, 6.45) is 0. The van der Waals surface area contributed by atoms with Gasteiger partial charge in [0.2, 0.25) is 0 Å². The Morgan fingerprint density at radius 1 is 0.636 bits per heavy atom. The van der Waals surface area contributed by atoms with Gasteiger partial charge in [0.1, 0.15) is 0 Å². The predicted octanol–water partition coefficient (Wildman–Crippen LogP) is 4.93. The van der Waals surface area contributed by atoms with Crippen LogP contribution in [-0.4, -0.2) is 0 Å². The fourth-order valence-corrected chi connectivity index (χ4v) is 2.29. The Labute approximate surface area is 145 Å². The Kier molecular flexibility index (Phi) is 7.56. The average Bonchev–Trinajstić information content (AvgIpc) is 2.58. The zero-order chi connectivity index (χ0) is 15.1. The summed E-state index contributed by atoms with van der Waals surface area (Å²) in [5, 5.41) is 12.2. The molecule has 0 saturated heterocycles. The van der Waals surface area contributed by atoms with Crippen LogP contribution >= 0.6 is 0 Å². The molecule has 3 aromatic carbocycles. The Morgan fingerprint density at radius 3 is 1.68 bits per heavy atom. The molecule has 0 N–H and O–H groups in total. The van der Waals surface area contributed by atoms with Gasteiger partial charge in [0.15, 0.2) is 0 Å². The van der Waals surface area contributed by atoms with E-state index in [1.807, 2.05) is 72.8 Å². The van der Waals surface area contributed by atoms with Crippen LogP contribution < -0.4 is 5.11 Å². The number of benzene rings is 3. The van der Waals surface area contributed by atoms with Gasteiger partial charge < -0.3 is 12.0 Å². The van der Waals surface area contributed by atoms with E-state index in [4.69, 9.17) is 0 Å². The maximum atomic E-state index is 12.2. The topological polar surface area (TPSA) is 23.1 Å². The fraction of sp³-hybridized carbons (Fsp3) is 0.0500. The van der Waals surface area contributed by atoms with Crippen LogP contribution in [0.1, 0.15) is 6.92 Å². The molecule has 0 fully saturated rings. The summed E-state index contributed by atoms with van der Waals surface area (Å²) < 4.78 is 0. The van der Waals surface area contributed by atoms with Crippen LogP contribution in [0.5, 0.6) is 5.75 Å². The second-order valence-corrected chi connectivity index (χ2v) is 4.41. The molecule has 106 valence electrons. The van der Waals surface area contributed by atoms with E-state index in [0.29, 0.717) is 0 Å². The molecule has 3 rings (SSSR count). The second-order valence-electron chi connectivity index (χ2n) is 4.41. The van der Waals surface area contributed by atoms with Crippen LogP contribution in [0.2, 0.25) is 0 Å². The van der Waals surface area contributed by atoms with Gasteiger partial charge in [-0.15, -0.1) is 5.75 Å². The van der Waals surface area contributed by atoms with Gasteiger partial charge in [-0.3, -0.25) is 0 Å². The monoisotopic (exact) mass is 338 g/mol. The van der Waals surface area contributed by atoms with Gasteiger partial charge in [-0.1, -0.05) is 78.9 Å². The third-order valence-corrected chi connectivity index (χ3v) is 3.17. The third-order valence-electron chi connectivity index (χ3n) is 3.17. The van der Waals surface area contributed by atoms with Gasteiger partial charge in [-0.2, -0.15) is 6.92 Å². The molecule has 0 aliphatic carbocycles. The molecule has 0 unspecified atom stereocenters. The molecule has 0 radical (unpaired) electrons. The van der Waals surface area contributed by atoms with E-state index in [9.17, 15) is 5.11 Å². The molecular formula is C20H18OZn. The first-order valence-corrected chi connectivity index (χ1v) is 6.98. The standard InChI is InChI=1S/C18H14O.C2H5.Zn/c19-17-13-7-12-16(14-8-3-1-4-9-14)18(17)15-10-5-2-6-11-15;1-2;/h1-13,19H;1H2,2H3;/q;-1;+2/p-1. The summed E-state index contributed by atoms with van der Waals surface area (Å²) in [5.41, 5.74) is 3.79. The summed E-state index contributed by atoms with van der Waals surface area (Å²) >= 11 is 0. The molecule has 0 saturated carbocycles. The Bertz CT molecular complexity index is 679. The zero-order valence-corrected chi connectivity index (χ0v) is 15.8. The van der Waals surface area contributed by atoms with Gasteiger partial charge in [0.25, 0.3) is 0 Å². The average molecular weight is 340 g/mol. The van der Waals surface area contributed by atoms with Crippen LogP contribution in [-0.2, 0) is 19.5 Å². The van der Waals surface area contributed by atoms with Gasteiger partial charge >= 0.3 is 19.5 Å². The second kappa shape index (κ2) is 9.17. The maximum absolute atomic E-state index is 12.2. The SMILES string of the molecule is [CH2-]C.[O-]c1cccc(-c2ccccc2)c1-c1ccccc1.[Zn+2]. The van der Waals surface area contributed by atoms with Crippen molar-refractivity contribution in [2.24, 2.45) is 0 Å². The van der Waals surface area contributed by atoms with E-state index < -0.39 is 0 Å². The third kappa shape index (κ3) is 4.05. The summed E-state index contributed by atoms with van der Waals surface area (Å²) in [6, 6.07) is 25.3. The minimum atomic E-state index is 0. The summed E-state index contributed by atoms with van der Waals surface area (Å²) in [4.78, 5) is 0. The molecule has 3 aromatic rings. The van der Waals surface area contributed by atoms with E-state index in [-0.39, 0.29) is 25.2 Å². The van der Waals surface area contributed by atoms with Crippen LogP contribution in [0, 0.1) is 6.92 Å². The summed E-state index contributed by atoms with van der Waals surface area (Å²) in [5.74, 6) is 0.0625. The van der Waals surface area contributed by atoms with E-state index in [2.05, 4.69) is 6.92 Å². The molecule has 1 nitrogen and oxygen atoms in total. The van der Waals surface area contributed by atoms with Gasteiger partial charge in [-0.05, 0) is 22.3 Å². The van der Waals surface area contributed by atoms with Crippen molar-refractivity contribution in [3.63, 3.8) is 0 Å². The van der Waals surface area contributed by atoms with Crippen molar-refractivity contribution >= 4 is 0 Å². The first-order valence-electron chi connectivity index (χ1n) is 6.98. The quantitative estimate of drug-likeness (QED) is 0.479. The Hall–Kier alpha value is -1.92. The Morgan fingerprint density at radius 2 is 1.14 bits per heavy atom. The van der Waals surface area contributed by atoms with Crippen LogP contribution in [0.3, 0.4) is 0 Å². The van der Waals surface area contributed by atoms with Crippen LogP contribution in [0.15, 0.2) is 78.9 Å². The van der Waals surface area contributed by atoms with Crippen LogP contribution in [0.25, 0.3) is 22.3 Å². The van der Waals surface area contributed by atoms with Crippen molar-refractivity contribution in [3.8, 4) is 28.0 Å². The Balaban J connectivity index is 0.000000775. The molecule has 0 aliphatic rings. The maximum Gasteiger partial charge on any atom is 2.00 e. The van der Waals surface area contributed by atoms with E-state index in [1.165, 1.54) is 0 Å². The molecule has 0 atom stereocenters. The van der Waals surface area contributed by atoms with Crippen LogP contribution in [0.4, 0.5) is 0 Å². The molecule has 0 aromatic heterocycles. The molecular weight excluding hydrogens is 322 g/mol. The first-order chi connectivity index (χ1) is 10.4. The molecule has 22 heavy (non-hydrogen) atoms. The van der Waals surface area contributed by atoms with E-state index in [1.54, 1.807) is 13.0 Å². The fourth-order valence-electron chi connectivity index (χ4n) is 2.29. The van der Waals surface area contributed by atoms with Gasteiger partial charge in [0.05, 0.1) is 0 Å². The van der Waals surface area contributed by atoms with Crippen molar-refractivity contribution in [2.75, 3.05) is 0 Å².